The standard InChI is InChI=1S/C62H82F12N2/c1-15-53(5,6)43-30-32-48-49-33-31-45(41-51(49)56(50(48)40-43,34-20-16-18-22-36-75(11)12)35-21-17-19-23-37-76(13)14)55(9,10)54(7,8)44-27-25-29-47(39-44)58(65,66)60(69,70)62(73,74)61(71,72)59(67,68)57(63,64)46-28-24-26-42(38-46)52(2,3)4/h24-33,38-41H,15-23,34-37H2,1-14H3. The SMILES string of the molecule is CCC(C)(C)c1ccc2c(c1)C(CCCCCCN(C)C)(CCCCCCN(C)C)c1cc(C(C)(C)C(C)(C)c3cccc(C(F)(F)C(F)(F)C(F)(F)C(F)(F)C(F)(F)C(F)(F)c4cccc(C(C)(C)C)c4)c3)ccc1-2. The molecule has 0 unspecified atom stereocenters. The molecule has 5 rings (SSSR count). The average Bonchev–Trinajstić information content (AvgIpc) is 3.60. The number of rotatable bonds is 26. The van der Waals surface area contributed by atoms with Crippen molar-refractivity contribution in [3.63, 3.8) is 0 Å². The van der Waals surface area contributed by atoms with Gasteiger partial charge in [0.25, 0.3) is 0 Å². The molecule has 2 nitrogen and oxygen atoms in total. The van der Waals surface area contributed by atoms with E-state index in [4.69, 9.17) is 0 Å². The minimum absolute atomic E-state index is 0.0897. The third-order valence-electron chi connectivity index (χ3n) is 17.2. The van der Waals surface area contributed by atoms with Gasteiger partial charge in [0.05, 0.1) is 0 Å². The molecular weight excluding hydrogens is 1000 g/mol. The summed E-state index contributed by atoms with van der Waals surface area (Å²) in [6.07, 6.45) is 10.8. The maximum atomic E-state index is 16.2. The Labute approximate surface area is 445 Å². The smallest absolute Gasteiger partial charge is 0.309 e. The Kier molecular flexibility index (Phi) is 18.4. The molecule has 0 N–H and O–H groups in total. The van der Waals surface area contributed by atoms with Crippen LogP contribution in [0.3, 0.4) is 0 Å². The fourth-order valence-electron chi connectivity index (χ4n) is 10.7. The van der Waals surface area contributed by atoms with E-state index in [-0.39, 0.29) is 22.6 Å². The summed E-state index contributed by atoms with van der Waals surface area (Å²) in [6, 6.07) is 18.5. The highest BCUT2D eigenvalue weighted by Crippen LogP contribution is 2.64. The van der Waals surface area contributed by atoms with Gasteiger partial charge >= 0.3 is 35.5 Å². The molecule has 14 heteroatoms. The van der Waals surface area contributed by atoms with Crippen molar-refractivity contribution in [1.29, 1.82) is 0 Å². The highest BCUT2D eigenvalue weighted by atomic mass is 19.4. The van der Waals surface area contributed by atoms with Crippen molar-refractivity contribution >= 4 is 0 Å². The summed E-state index contributed by atoms with van der Waals surface area (Å²) in [5.41, 5.74) is -1.37. The van der Waals surface area contributed by atoms with Gasteiger partial charge in [0.2, 0.25) is 0 Å². The predicted molar refractivity (Wildman–Crippen MR) is 284 cm³/mol. The summed E-state index contributed by atoms with van der Waals surface area (Å²) in [5, 5.41) is 0. The molecule has 0 saturated heterocycles. The van der Waals surface area contributed by atoms with Crippen LogP contribution in [-0.2, 0) is 38.9 Å². The van der Waals surface area contributed by atoms with E-state index >= 15 is 52.7 Å². The van der Waals surface area contributed by atoms with Gasteiger partial charge in [-0.15, -0.1) is 0 Å². The molecule has 0 fully saturated rings. The molecule has 424 valence electrons. The topological polar surface area (TPSA) is 6.48 Å². The van der Waals surface area contributed by atoms with Crippen LogP contribution >= 0.6 is 0 Å². The number of fused-ring (bicyclic) bond motifs is 3. The summed E-state index contributed by atoms with van der Waals surface area (Å²) < 4.78 is 188. The molecular formula is C62H82F12N2. The lowest BCUT2D eigenvalue weighted by Crippen LogP contribution is -2.69. The van der Waals surface area contributed by atoms with Crippen molar-refractivity contribution in [2.24, 2.45) is 0 Å². The third-order valence-corrected chi connectivity index (χ3v) is 17.2. The van der Waals surface area contributed by atoms with Gasteiger partial charge in [-0.25, -0.2) is 0 Å². The average molecular weight is 1080 g/mol. The zero-order valence-electron chi connectivity index (χ0n) is 47.2. The first-order chi connectivity index (χ1) is 34.7. The highest BCUT2D eigenvalue weighted by molar-refractivity contribution is 5.82. The van der Waals surface area contributed by atoms with Gasteiger partial charge in [0, 0.05) is 16.5 Å². The van der Waals surface area contributed by atoms with Gasteiger partial charge in [0.15, 0.2) is 0 Å². The van der Waals surface area contributed by atoms with E-state index in [9.17, 15) is 0 Å². The Morgan fingerprint density at radius 2 is 0.724 bits per heavy atom. The molecule has 1 aliphatic rings. The van der Waals surface area contributed by atoms with Crippen molar-refractivity contribution in [2.45, 2.75) is 202 Å². The molecule has 0 amide bonds. The van der Waals surface area contributed by atoms with Crippen molar-refractivity contribution in [1.82, 2.24) is 9.80 Å². The van der Waals surface area contributed by atoms with Crippen LogP contribution in [-0.4, -0.2) is 74.8 Å². The lowest BCUT2D eigenvalue weighted by atomic mass is 9.60. The number of hydrogen-bond acceptors (Lipinski definition) is 2. The van der Waals surface area contributed by atoms with E-state index < -0.39 is 68.3 Å². The Hall–Kier alpha value is -4.04. The largest absolute Gasteiger partial charge is 0.385 e. The molecule has 0 bridgehead atoms. The number of nitrogens with zero attached hydrogens (tertiary/aromatic N) is 2. The lowest BCUT2D eigenvalue weighted by molar-refractivity contribution is -0.429. The second-order valence-corrected chi connectivity index (χ2v) is 24.9. The molecule has 0 atom stereocenters. The fourth-order valence-corrected chi connectivity index (χ4v) is 10.7. The number of halogens is 12. The van der Waals surface area contributed by atoms with Gasteiger partial charge < -0.3 is 9.80 Å². The molecule has 0 saturated carbocycles. The van der Waals surface area contributed by atoms with Crippen LogP contribution < -0.4 is 0 Å². The van der Waals surface area contributed by atoms with Crippen molar-refractivity contribution < 1.29 is 52.7 Å². The normalized spacial score (nSPS) is 15.2. The van der Waals surface area contributed by atoms with Crippen LogP contribution in [0.5, 0.6) is 0 Å². The monoisotopic (exact) mass is 1080 g/mol. The van der Waals surface area contributed by atoms with E-state index in [1.54, 1.807) is 13.8 Å². The van der Waals surface area contributed by atoms with Gasteiger partial charge in [0.1, 0.15) is 0 Å². The quantitative estimate of drug-likeness (QED) is 0.0457. The summed E-state index contributed by atoms with van der Waals surface area (Å²) in [6.45, 7) is 19.9. The lowest BCUT2D eigenvalue weighted by Gasteiger charge is -2.44. The summed E-state index contributed by atoms with van der Waals surface area (Å²) in [5.74, 6) is -42.6. The third kappa shape index (κ3) is 11.4. The van der Waals surface area contributed by atoms with Crippen LogP contribution in [0.1, 0.15) is 184 Å². The molecule has 0 aromatic heterocycles. The highest BCUT2D eigenvalue weighted by Gasteiger charge is 2.90. The zero-order chi connectivity index (χ0) is 57.5. The van der Waals surface area contributed by atoms with E-state index in [1.165, 1.54) is 44.0 Å². The van der Waals surface area contributed by atoms with Crippen LogP contribution in [0, 0.1) is 0 Å². The maximum Gasteiger partial charge on any atom is 0.385 e. The van der Waals surface area contributed by atoms with E-state index in [2.05, 4.69) is 89.1 Å². The summed E-state index contributed by atoms with van der Waals surface area (Å²) in [4.78, 5) is 4.35. The molecule has 0 heterocycles. The Bertz CT molecular complexity index is 2580. The fraction of sp³-hybridized carbons (Fsp3) is 0.613. The molecule has 4 aromatic rings. The van der Waals surface area contributed by atoms with Gasteiger partial charge in [-0.05, 0) is 152 Å². The van der Waals surface area contributed by atoms with Gasteiger partial charge in [-0.3, -0.25) is 0 Å². The second-order valence-electron chi connectivity index (χ2n) is 24.9. The minimum atomic E-state index is -7.73. The molecule has 0 spiro atoms. The number of hydrogen-bond donors (Lipinski definition) is 0. The molecule has 0 radical (unpaired) electrons. The second kappa shape index (κ2) is 22.2. The van der Waals surface area contributed by atoms with Crippen molar-refractivity contribution in [3.05, 3.63) is 129 Å². The number of unbranched alkanes of at least 4 members (excludes halogenated alkanes) is 6. The van der Waals surface area contributed by atoms with Crippen LogP contribution in [0.4, 0.5) is 52.7 Å². The van der Waals surface area contributed by atoms with E-state index in [0.29, 0.717) is 18.2 Å². The molecule has 76 heavy (non-hydrogen) atoms. The zero-order valence-corrected chi connectivity index (χ0v) is 47.2. The van der Waals surface area contributed by atoms with E-state index in [0.717, 1.165) is 118 Å². The van der Waals surface area contributed by atoms with Gasteiger partial charge in [-0.2, -0.15) is 52.7 Å². The van der Waals surface area contributed by atoms with Crippen molar-refractivity contribution in [2.75, 3.05) is 41.3 Å². The maximum absolute atomic E-state index is 16.2. The van der Waals surface area contributed by atoms with E-state index in [1.807, 2.05) is 19.9 Å². The number of alkyl halides is 12. The Morgan fingerprint density at radius 3 is 1.12 bits per heavy atom. The van der Waals surface area contributed by atoms with Crippen LogP contribution in [0.15, 0.2) is 84.9 Å². The number of benzene rings is 4. The first-order valence-corrected chi connectivity index (χ1v) is 26.8. The Morgan fingerprint density at radius 1 is 0.382 bits per heavy atom. The molecule has 1 aliphatic carbocycles. The first kappa shape index (κ1) is 62.8. The molecule has 4 aromatic carbocycles. The minimum Gasteiger partial charge on any atom is -0.309 e. The first-order valence-electron chi connectivity index (χ1n) is 26.8. The molecule has 0 aliphatic heterocycles. The predicted octanol–water partition coefficient (Wildman–Crippen LogP) is 18.6. The summed E-state index contributed by atoms with van der Waals surface area (Å²) in [7, 11) is 8.23. The van der Waals surface area contributed by atoms with Crippen LogP contribution in [0.2, 0.25) is 0 Å². The van der Waals surface area contributed by atoms with Gasteiger partial charge in [-0.1, -0.05) is 181 Å². The van der Waals surface area contributed by atoms with Crippen molar-refractivity contribution in [3.8, 4) is 11.1 Å². The summed E-state index contributed by atoms with van der Waals surface area (Å²) >= 11 is 0. The Balaban J connectivity index is 1.58. The van der Waals surface area contributed by atoms with Crippen LogP contribution in [0.25, 0.3) is 11.1 Å².